The van der Waals surface area contributed by atoms with E-state index in [1.54, 1.807) is 0 Å². The van der Waals surface area contributed by atoms with E-state index in [-0.39, 0.29) is 23.7 Å². The van der Waals surface area contributed by atoms with Crippen LogP contribution in [0.15, 0.2) is 60.7 Å². The van der Waals surface area contributed by atoms with Crippen LogP contribution in [0.3, 0.4) is 0 Å². The summed E-state index contributed by atoms with van der Waals surface area (Å²) in [4.78, 5) is 32.5. The van der Waals surface area contributed by atoms with Gasteiger partial charge in [0.15, 0.2) is 5.78 Å². The van der Waals surface area contributed by atoms with Crippen molar-refractivity contribution in [2.24, 2.45) is 5.92 Å². The van der Waals surface area contributed by atoms with Crippen LogP contribution in [-0.4, -0.2) is 71.7 Å². The molecule has 0 saturated carbocycles. The minimum atomic E-state index is -0.117. The molecule has 2 saturated heterocycles. The minimum Gasteiger partial charge on any atom is -0.339 e. The second-order valence-electron chi connectivity index (χ2n) is 8.80. The number of hydrogen-bond donors (Lipinski definition) is 0. The van der Waals surface area contributed by atoms with Crippen LogP contribution >= 0.6 is 0 Å². The fourth-order valence-corrected chi connectivity index (χ4v) is 4.78. The van der Waals surface area contributed by atoms with Crippen molar-refractivity contribution in [2.75, 3.05) is 39.3 Å². The largest absolute Gasteiger partial charge is 0.339 e. The van der Waals surface area contributed by atoms with Crippen molar-refractivity contribution in [1.82, 2.24) is 14.7 Å². The van der Waals surface area contributed by atoms with Crippen molar-refractivity contribution >= 4 is 11.7 Å². The van der Waals surface area contributed by atoms with Crippen LogP contribution < -0.4 is 0 Å². The average molecular weight is 420 g/mol. The zero-order valence-corrected chi connectivity index (χ0v) is 18.5. The number of hydrogen-bond acceptors (Lipinski definition) is 4. The summed E-state index contributed by atoms with van der Waals surface area (Å²) in [5.74, 6) is 0.545. The van der Waals surface area contributed by atoms with Crippen molar-refractivity contribution in [3.8, 4) is 0 Å². The zero-order chi connectivity index (χ0) is 21.6. The highest BCUT2D eigenvalue weighted by molar-refractivity contribution is 5.97. The van der Waals surface area contributed by atoms with E-state index in [9.17, 15) is 9.59 Å². The van der Waals surface area contributed by atoms with Gasteiger partial charge in [0.2, 0.25) is 5.91 Å². The van der Waals surface area contributed by atoms with Crippen molar-refractivity contribution < 1.29 is 9.59 Å². The molecule has 1 amide bonds. The van der Waals surface area contributed by atoms with E-state index in [0.29, 0.717) is 0 Å². The lowest BCUT2D eigenvalue weighted by Crippen LogP contribution is -2.55. The summed E-state index contributed by atoms with van der Waals surface area (Å²) in [5, 5.41) is 0. The molecular weight excluding hydrogens is 386 g/mol. The highest BCUT2D eigenvalue weighted by atomic mass is 16.2. The Morgan fingerprint density at radius 2 is 1.42 bits per heavy atom. The summed E-state index contributed by atoms with van der Waals surface area (Å²) < 4.78 is 0. The first-order valence-corrected chi connectivity index (χ1v) is 11.5. The molecule has 2 aromatic carbocycles. The van der Waals surface area contributed by atoms with Crippen LogP contribution in [0.5, 0.6) is 0 Å². The molecule has 5 nitrogen and oxygen atoms in total. The fourth-order valence-electron chi connectivity index (χ4n) is 4.78. The Morgan fingerprint density at radius 1 is 0.839 bits per heavy atom. The molecule has 164 valence electrons. The van der Waals surface area contributed by atoms with Gasteiger partial charge in [-0.1, -0.05) is 60.7 Å². The van der Waals surface area contributed by atoms with E-state index < -0.39 is 0 Å². The summed E-state index contributed by atoms with van der Waals surface area (Å²) in [6, 6.07) is 20.0. The molecule has 5 heteroatoms. The highest BCUT2D eigenvalue weighted by Crippen LogP contribution is 2.24. The van der Waals surface area contributed by atoms with E-state index in [1.807, 2.05) is 48.2 Å². The standard InChI is InChI=1S/C26H33N3O2/c1-21(28-14-12-24(13-15-28)25(30)23-10-6-3-7-11-23)26(31)29-18-16-27(17-19-29)20-22-8-4-2-5-9-22/h2-11,21,24H,12-20H2,1H3. The molecule has 2 fully saturated rings. The Morgan fingerprint density at radius 3 is 2.03 bits per heavy atom. The third-order valence-corrected chi connectivity index (χ3v) is 6.80. The number of rotatable bonds is 6. The maximum absolute atomic E-state index is 13.1. The predicted molar refractivity (Wildman–Crippen MR) is 123 cm³/mol. The highest BCUT2D eigenvalue weighted by Gasteiger charge is 2.32. The molecule has 0 radical (unpaired) electrons. The van der Waals surface area contributed by atoms with Gasteiger partial charge in [-0.15, -0.1) is 0 Å². The van der Waals surface area contributed by atoms with Gasteiger partial charge in [-0.25, -0.2) is 0 Å². The van der Waals surface area contributed by atoms with E-state index in [0.717, 1.165) is 64.2 Å². The van der Waals surface area contributed by atoms with Gasteiger partial charge in [-0.2, -0.15) is 0 Å². The maximum atomic E-state index is 13.1. The zero-order valence-electron chi connectivity index (χ0n) is 18.5. The number of ketones is 1. The number of Topliss-reactive ketones (excluding diaryl/α,β-unsaturated/α-hetero) is 1. The lowest BCUT2D eigenvalue weighted by atomic mass is 9.88. The second-order valence-corrected chi connectivity index (χ2v) is 8.80. The predicted octanol–water partition coefficient (Wildman–Crippen LogP) is 3.31. The molecule has 0 spiro atoms. The maximum Gasteiger partial charge on any atom is 0.239 e. The summed E-state index contributed by atoms with van der Waals surface area (Å²) >= 11 is 0. The normalized spacial score (nSPS) is 19.8. The van der Waals surface area contributed by atoms with Crippen LogP contribution in [0.1, 0.15) is 35.7 Å². The van der Waals surface area contributed by atoms with Crippen LogP contribution in [0.25, 0.3) is 0 Å². The molecule has 0 aromatic heterocycles. The first-order valence-electron chi connectivity index (χ1n) is 11.5. The number of nitrogens with zero attached hydrogens (tertiary/aromatic N) is 3. The Bertz CT molecular complexity index is 855. The van der Waals surface area contributed by atoms with Gasteiger partial charge in [0.05, 0.1) is 6.04 Å². The van der Waals surface area contributed by atoms with Gasteiger partial charge < -0.3 is 4.90 Å². The molecular formula is C26H33N3O2. The number of piperazine rings is 1. The number of piperidine rings is 1. The van der Waals surface area contributed by atoms with Gasteiger partial charge in [0.25, 0.3) is 0 Å². The monoisotopic (exact) mass is 419 g/mol. The van der Waals surface area contributed by atoms with E-state index in [2.05, 4.69) is 34.1 Å². The Hall–Kier alpha value is -2.50. The molecule has 1 atom stereocenters. The molecule has 0 bridgehead atoms. The number of amides is 1. The number of carbonyl (C=O) groups excluding carboxylic acids is 2. The first-order chi connectivity index (χ1) is 15.1. The lowest BCUT2D eigenvalue weighted by Gasteiger charge is -2.40. The lowest BCUT2D eigenvalue weighted by molar-refractivity contribution is -0.138. The van der Waals surface area contributed by atoms with Crippen LogP contribution in [0.2, 0.25) is 0 Å². The minimum absolute atomic E-state index is 0.0717. The molecule has 2 aromatic rings. The van der Waals surface area contributed by atoms with Crippen LogP contribution in [-0.2, 0) is 11.3 Å². The summed E-state index contributed by atoms with van der Waals surface area (Å²) in [6.07, 6.45) is 1.66. The SMILES string of the molecule is CC(C(=O)N1CCN(Cc2ccccc2)CC1)N1CCC(C(=O)c2ccccc2)CC1. The molecule has 4 rings (SSSR count). The van der Waals surface area contributed by atoms with E-state index in [1.165, 1.54) is 5.56 Å². The second kappa shape index (κ2) is 10.2. The molecule has 2 aliphatic heterocycles. The van der Waals surface area contributed by atoms with Gasteiger partial charge in [-0.05, 0) is 38.4 Å². The molecule has 2 heterocycles. The van der Waals surface area contributed by atoms with Gasteiger partial charge in [-0.3, -0.25) is 19.4 Å². The van der Waals surface area contributed by atoms with Gasteiger partial charge in [0, 0.05) is 44.2 Å². The fraction of sp³-hybridized carbons (Fsp3) is 0.462. The number of likely N-dealkylation sites (tertiary alicyclic amines) is 1. The van der Waals surface area contributed by atoms with Crippen molar-refractivity contribution in [2.45, 2.75) is 32.4 Å². The molecule has 0 N–H and O–H groups in total. The molecule has 1 unspecified atom stereocenters. The summed E-state index contributed by atoms with van der Waals surface area (Å²) in [7, 11) is 0. The van der Waals surface area contributed by atoms with Crippen molar-refractivity contribution in [3.05, 3.63) is 71.8 Å². The molecule has 0 aliphatic carbocycles. The summed E-state index contributed by atoms with van der Waals surface area (Å²) in [6.45, 7) is 8.01. The quantitative estimate of drug-likeness (QED) is 0.674. The van der Waals surface area contributed by atoms with Gasteiger partial charge in [0.1, 0.15) is 0 Å². The average Bonchev–Trinajstić information content (AvgIpc) is 2.84. The number of benzene rings is 2. The number of carbonyl (C=O) groups is 2. The first kappa shape index (κ1) is 21.7. The van der Waals surface area contributed by atoms with E-state index in [4.69, 9.17) is 0 Å². The van der Waals surface area contributed by atoms with E-state index >= 15 is 0 Å². The van der Waals surface area contributed by atoms with Crippen molar-refractivity contribution in [3.63, 3.8) is 0 Å². The topological polar surface area (TPSA) is 43.9 Å². The Labute approximate surface area is 185 Å². The molecule has 31 heavy (non-hydrogen) atoms. The smallest absolute Gasteiger partial charge is 0.239 e. The van der Waals surface area contributed by atoms with Crippen molar-refractivity contribution in [1.29, 1.82) is 0 Å². The third kappa shape index (κ3) is 5.41. The van der Waals surface area contributed by atoms with Crippen LogP contribution in [0, 0.1) is 5.92 Å². The van der Waals surface area contributed by atoms with Crippen LogP contribution in [0.4, 0.5) is 0 Å². The third-order valence-electron chi connectivity index (χ3n) is 6.80. The summed E-state index contributed by atoms with van der Waals surface area (Å²) in [5.41, 5.74) is 2.13. The molecule has 2 aliphatic rings. The Kier molecular flexibility index (Phi) is 7.15. The Balaban J connectivity index is 1.23. The van der Waals surface area contributed by atoms with Gasteiger partial charge >= 0.3 is 0 Å².